The number of nitrogens with one attached hydrogen (secondary N) is 1. The van der Waals surface area contributed by atoms with Crippen molar-refractivity contribution in [3.05, 3.63) is 17.4 Å². The Kier molecular flexibility index (Phi) is 1.94. The van der Waals surface area contributed by atoms with Gasteiger partial charge in [0.1, 0.15) is 0 Å². The van der Waals surface area contributed by atoms with E-state index in [0.29, 0.717) is 11.4 Å². The molecule has 4 nitrogen and oxygen atoms in total. The van der Waals surface area contributed by atoms with Crippen molar-refractivity contribution in [3.8, 4) is 0 Å². The van der Waals surface area contributed by atoms with Crippen molar-refractivity contribution >= 4 is 23.0 Å². The van der Waals surface area contributed by atoms with Gasteiger partial charge in [-0.2, -0.15) is 0 Å². The molecule has 1 rings (SSSR count). The molecule has 0 atom stereocenters. The third kappa shape index (κ3) is 1.12. The fourth-order valence-corrected chi connectivity index (χ4v) is 0.732. The highest BCUT2D eigenvalue weighted by Gasteiger charge is 2.00. The molecule has 1 aromatic heterocycles. The van der Waals surface area contributed by atoms with E-state index in [9.17, 15) is 0 Å². The number of rotatable bonds is 1. The van der Waals surface area contributed by atoms with Crippen molar-refractivity contribution in [3.63, 3.8) is 0 Å². The Hall–Kier alpha value is -1.00. The minimum Gasteiger partial charge on any atom is -0.395 e. The molecule has 5 N–H and O–H groups in total. The van der Waals surface area contributed by atoms with Crippen LogP contribution < -0.4 is 17.0 Å². The molecule has 10 heavy (non-hydrogen) atoms. The lowest BCUT2D eigenvalue weighted by molar-refractivity contribution is 1.29. The van der Waals surface area contributed by atoms with Crippen molar-refractivity contribution < 1.29 is 0 Å². The maximum atomic E-state index is 5.56. The lowest BCUT2D eigenvalue weighted by Crippen LogP contribution is -2.09. The topological polar surface area (TPSA) is 77.0 Å². The first-order chi connectivity index (χ1) is 4.75. The summed E-state index contributed by atoms with van der Waals surface area (Å²) in [6.45, 7) is 0. The molecular formula is C5H7ClN4. The van der Waals surface area contributed by atoms with E-state index in [2.05, 4.69) is 10.4 Å². The maximum absolute atomic E-state index is 5.56. The van der Waals surface area contributed by atoms with Crippen LogP contribution in [-0.2, 0) is 0 Å². The van der Waals surface area contributed by atoms with E-state index in [1.807, 2.05) is 0 Å². The number of halogens is 1. The molecule has 1 aromatic rings. The van der Waals surface area contributed by atoms with Crippen LogP contribution in [0.4, 0.5) is 11.4 Å². The highest BCUT2D eigenvalue weighted by atomic mass is 35.5. The lowest BCUT2D eigenvalue weighted by atomic mass is 10.4. The molecule has 1 heterocycles. The van der Waals surface area contributed by atoms with Crippen molar-refractivity contribution in [2.45, 2.75) is 0 Å². The Balaban J connectivity index is 3.14. The van der Waals surface area contributed by atoms with Gasteiger partial charge in [-0.25, -0.2) is 4.98 Å². The molecule has 5 heteroatoms. The largest absolute Gasteiger partial charge is 0.395 e. The van der Waals surface area contributed by atoms with Gasteiger partial charge in [0.15, 0.2) is 5.15 Å². The summed E-state index contributed by atoms with van der Waals surface area (Å²) in [7, 11) is 0. The van der Waals surface area contributed by atoms with Crippen molar-refractivity contribution in [1.82, 2.24) is 4.98 Å². The number of hydrazine groups is 1. The van der Waals surface area contributed by atoms with Gasteiger partial charge in [-0.3, -0.25) is 5.84 Å². The number of nitrogen functional groups attached to an aromatic ring is 2. The average molecular weight is 159 g/mol. The van der Waals surface area contributed by atoms with Crippen LogP contribution >= 0.6 is 11.6 Å². The third-order valence-corrected chi connectivity index (χ3v) is 1.40. The average Bonchev–Trinajstić information content (AvgIpc) is 1.95. The van der Waals surface area contributed by atoms with Gasteiger partial charge >= 0.3 is 0 Å². The molecule has 0 amide bonds. The highest BCUT2D eigenvalue weighted by molar-refractivity contribution is 6.32. The van der Waals surface area contributed by atoms with Gasteiger partial charge < -0.3 is 11.2 Å². The number of aromatic nitrogens is 1. The summed E-state index contributed by atoms with van der Waals surface area (Å²) in [4.78, 5) is 3.73. The summed E-state index contributed by atoms with van der Waals surface area (Å²) in [5, 5.41) is 0.260. The van der Waals surface area contributed by atoms with E-state index < -0.39 is 0 Å². The van der Waals surface area contributed by atoms with Crippen LogP contribution in [0.5, 0.6) is 0 Å². The van der Waals surface area contributed by atoms with Crippen LogP contribution in [0.15, 0.2) is 12.3 Å². The number of pyridine rings is 1. The first-order valence-electron chi connectivity index (χ1n) is 2.62. The molecule has 0 unspecified atom stereocenters. The predicted octanol–water partition coefficient (Wildman–Crippen LogP) is 0.603. The van der Waals surface area contributed by atoms with Crippen molar-refractivity contribution in [1.29, 1.82) is 0 Å². The number of anilines is 2. The Morgan fingerprint density at radius 1 is 1.60 bits per heavy atom. The first-order valence-corrected chi connectivity index (χ1v) is 3.00. The molecule has 54 valence electrons. The van der Waals surface area contributed by atoms with Crippen LogP contribution in [0.3, 0.4) is 0 Å². The van der Waals surface area contributed by atoms with Crippen LogP contribution in [0, 0.1) is 0 Å². The van der Waals surface area contributed by atoms with Crippen LogP contribution in [0.2, 0.25) is 5.15 Å². The zero-order valence-corrected chi connectivity index (χ0v) is 5.89. The second kappa shape index (κ2) is 2.72. The fraction of sp³-hybridized carbons (Fsp3) is 0. The monoisotopic (exact) mass is 158 g/mol. The van der Waals surface area contributed by atoms with Gasteiger partial charge in [-0.15, -0.1) is 0 Å². The molecule has 0 aromatic carbocycles. The van der Waals surface area contributed by atoms with Gasteiger partial charge in [-0.1, -0.05) is 11.6 Å². The van der Waals surface area contributed by atoms with E-state index in [-0.39, 0.29) is 5.15 Å². The second-order valence-corrected chi connectivity index (χ2v) is 2.07. The fourth-order valence-electron chi connectivity index (χ4n) is 0.574. The molecule has 0 saturated carbocycles. The summed E-state index contributed by atoms with van der Waals surface area (Å²) < 4.78 is 0. The SMILES string of the molecule is NNc1ccnc(Cl)c1N. The van der Waals surface area contributed by atoms with E-state index in [0.717, 1.165) is 0 Å². The van der Waals surface area contributed by atoms with Crippen molar-refractivity contribution in [2.75, 3.05) is 11.2 Å². The normalized spacial score (nSPS) is 9.40. The van der Waals surface area contributed by atoms with Gasteiger partial charge in [0.05, 0.1) is 11.4 Å². The molecule has 0 aliphatic rings. The van der Waals surface area contributed by atoms with Gasteiger partial charge in [0, 0.05) is 6.20 Å². The predicted molar refractivity (Wildman–Crippen MR) is 41.5 cm³/mol. The van der Waals surface area contributed by atoms with Crippen LogP contribution in [0.25, 0.3) is 0 Å². The molecule has 0 radical (unpaired) electrons. The summed E-state index contributed by atoms with van der Waals surface area (Å²) in [5.74, 6) is 5.10. The number of nitrogens with two attached hydrogens (primary N) is 2. The molecule has 0 bridgehead atoms. The van der Waals surface area contributed by atoms with E-state index in [1.165, 1.54) is 6.20 Å². The van der Waals surface area contributed by atoms with Gasteiger partial charge in [0.25, 0.3) is 0 Å². The Bertz CT molecular complexity index is 237. The summed E-state index contributed by atoms with van der Waals surface area (Å²) in [6, 6.07) is 1.64. The minimum atomic E-state index is 0.260. The Morgan fingerprint density at radius 3 is 2.80 bits per heavy atom. The van der Waals surface area contributed by atoms with Crippen LogP contribution in [-0.4, -0.2) is 4.98 Å². The number of hydrogen-bond donors (Lipinski definition) is 3. The maximum Gasteiger partial charge on any atom is 0.154 e. The highest BCUT2D eigenvalue weighted by Crippen LogP contribution is 2.22. The summed E-state index contributed by atoms with van der Waals surface area (Å²) in [6.07, 6.45) is 1.52. The van der Waals surface area contributed by atoms with E-state index in [1.54, 1.807) is 6.07 Å². The molecule has 0 saturated heterocycles. The zero-order valence-electron chi connectivity index (χ0n) is 5.13. The summed E-state index contributed by atoms with van der Waals surface area (Å²) >= 11 is 5.56. The molecule has 0 aliphatic heterocycles. The lowest BCUT2D eigenvalue weighted by Gasteiger charge is -2.03. The third-order valence-electron chi connectivity index (χ3n) is 1.10. The Labute approximate surface area is 63.2 Å². The van der Waals surface area contributed by atoms with E-state index in [4.69, 9.17) is 23.2 Å². The Morgan fingerprint density at radius 2 is 2.30 bits per heavy atom. The quantitative estimate of drug-likeness (QED) is 0.318. The van der Waals surface area contributed by atoms with Crippen LogP contribution in [0.1, 0.15) is 0 Å². The molecule has 0 spiro atoms. The first kappa shape index (κ1) is 7.11. The zero-order chi connectivity index (χ0) is 7.56. The number of nitrogens with zero attached hydrogens (tertiary/aromatic N) is 1. The smallest absolute Gasteiger partial charge is 0.154 e. The minimum absolute atomic E-state index is 0.260. The molecule has 0 fully saturated rings. The standard InChI is InChI=1S/C5H7ClN4/c6-5-4(7)3(10-8)1-2-9-5/h1-2H,7-8H2,(H,9,10). The van der Waals surface area contributed by atoms with Gasteiger partial charge in [-0.05, 0) is 6.07 Å². The number of hydrogen-bond acceptors (Lipinski definition) is 4. The van der Waals surface area contributed by atoms with Gasteiger partial charge in [0.2, 0.25) is 0 Å². The van der Waals surface area contributed by atoms with Crippen molar-refractivity contribution in [2.24, 2.45) is 5.84 Å². The van der Waals surface area contributed by atoms with E-state index >= 15 is 0 Å². The molecular weight excluding hydrogens is 152 g/mol. The second-order valence-electron chi connectivity index (χ2n) is 1.71. The summed E-state index contributed by atoms with van der Waals surface area (Å²) in [5.41, 5.74) is 8.79. The molecule has 0 aliphatic carbocycles.